The molecule has 2 bridgehead atoms. The predicted octanol–water partition coefficient (Wildman–Crippen LogP) is 3.13. The second-order valence-corrected chi connectivity index (χ2v) is 8.94. The summed E-state index contributed by atoms with van der Waals surface area (Å²) in [5.74, 6) is 1.02. The van der Waals surface area contributed by atoms with E-state index in [-0.39, 0.29) is 0 Å². The molecule has 8 heteroatoms. The van der Waals surface area contributed by atoms with Crippen LogP contribution in [0.15, 0.2) is 49.2 Å². The lowest BCUT2D eigenvalue weighted by Gasteiger charge is -2.38. The van der Waals surface area contributed by atoms with Crippen LogP contribution in [0.5, 0.6) is 0 Å². The minimum Gasteiger partial charge on any atom is -0.351 e. The molecule has 0 aliphatic carbocycles. The summed E-state index contributed by atoms with van der Waals surface area (Å²) < 4.78 is 3.55. The van der Waals surface area contributed by atoms with Crippen molar-refractivity contribution in [3.05, 3.63) is 54.7 Å². The molecule has 160 valence electrons. The number of anilines is 1. The van der Waals surface area contributed by atoms with Crippen molar-refractivity contribution in [1.29, 1.82) is 5.26 Å². The lowest BCUT2D eigenvalue weighted by molar-refractivity contribution is 0.412. The Bertz CT molecular complexity index is 1330. The Morgan fingerprint density at radius 2 is 1.81 bits per heavy atom. The molecule has 2 aliphatic heterocycles. The monoisotopic (exact) mass is 424 g/mol. The van der Waals surface area contributed by atoms with Gasteiger partial charge in [0, 0.05) is 66.0 Å². The highest BCUT2D eigenvalue weighted by Gasteiger charge is 2.40. The highest BCUT2D eigenvalue weighted by molar-refractivity contribution is 5.87. The Kier molecular flexibility index (Phi) is 4.26. The fourth-order valence-electron chi connectivity index (χ4n) is 5.44. The van der Waals surface area contributed by atoms with Crippen LogP contribution in [0, 0.1) is 11.3 Å². The highest BCUT2D eigenvalue weighted by Crippen LogP contribution is 2.39. The summed E-state index contributed by atoms with van der Waals surface area (Å²) in [7, 11) is 1.90. The molecule has 0 saturated carbocycles. The van der Waals surface area contributed by atoms with Gasteiger partial charge >= 0.3 is 0 Å². The van der Waals surface area contributed by atoms with Crippen LogP contribution in [0.25, 0.3) is 27.8 Å². The van der Waals surface area contributed by atoms with Crippen molar-refractivity contribution < 1.29 is 0 Å². The molecule has 0 amide bonds. The van der Waals surface area contributed by atoms with Gasteiger partial charge in [-0.15, -0.1) is 0 Å². The van der Waals surface area contributed by atoms with Crippen LogP contribution >= 0.6 is 0 Å². The second-order valence-electron chi connectivity index (χ2n) is 8.94. The van der Waals surface area contributed by atoms with E-state index in [9.17, 15) is 5.26 Å². The van der Waals surface area contributed by atoms with Gasteiger partial charge in [0.15, 0.2) is 0 Å². The number of nitrogens with two attached hydrogens (primary N) is 1. The van der Waals surface area contributed by atoms with E-state index in [0.717, 1.165) is 46.4 Å². The van der Waals surface area contributed by atoms with Gasteiger partial charge < -0.3 is 10.6 Å². The number of pyridine rings is 2. The lowest BCUT2D eigenvalue weighted by Crippen LogP contribution is -2.47. The van der Waals surface area contributed by atoms with Crippen LogP contribution < -0.4 is 10.6 Å². The zero-order valence-corrected chi connectivity index (χ0v) is 17.9. The topological polar surface area (TPSA) is 101 Å². The van der Waals surface area contributed by atoms with Gasteiger partial charge in [-0.1, -0.05) is 0 Å². The number of hydrogen-bond donors (Lipinski definition) is 1. The Balaban J connectivity index is 1.43. The van der Waals surface area contributed by atoms with Gasteiger partial charge in [-0.3, -0.25) is 4.68 Å². The molecule has 0 spiro atoms. The van der Waals surface area contributed by atoms with E-state index in [4.69, 9.17) is 10.7 Å². The van der Waals surface area contributed by atoms with Gasteiger partial charge in [0.2, 0.25) is 0 Å². The maximum atomic E-state index is 9.64. The first-order valence-corrected chi connectivity index (χ1v) is 11.0. The third-order valence-corrected chi connectivity index (χ3v) is 6.86. The number of fused-ring (bicyclic) bond motifs is 3. The minimum absolute atomic E-state index is 0.304. The van der Waals surface area contributed by atoms with E-state index in [1.165, 1.54) is 12.8 Å². The maximum Gasteiger partial charge on any atom is 0.129 e. The first-order valence-electron chi connectivity index (χ1n) is 11.0. The summed E-state index contributed by atoms with van der Waals surface area (Å²) in [6, 6.07) is 9.85. The van der Waals surface area contributed by atoms with Crippen molar-refractivity contribution in [3.8, 4) is 28.3 Å². The Labute approximate surface area is 185 Å². The van der Waals surface area contributed by atoms with Crippen LogP contribution in [-0.4, -0.2) is 42.5 Å². The van der Waals surface area contributed by atoms with E-state index in [0.29, 0.717) is 23.7 Å². The van der Waals surface area contributed by atoms with Crippen molar-refractivity contribution in [2.45, 2.75) is 43.8 Å². The minimum atomic E-state index is 0.304. The van der Waals surface area contributed by atoms with Crippen LogP contribution in [0.3, 0.4) is 0 Å². The normalized spacial score (nSPS) is 22.4. The second kappa shape index (κ2) is 7.18. The number of aromatic nitrogens is 5. The summed E-state index contributed by atoms with van der Waals surface area (Å²) in [5, 5.41) is 18.4. The number of aryl methyl sites for hydroxylation is 1. The molecule has 2 saturated heterocycles. The van der Waals surface area contributed by atoms with Gasteiger partial charge in [0.05, 0.1) is 23.5 Å². The van der Waals surface area contributed by atoms with E-state index < -0.39 is 0 Å². The van der Waals surface area contributed by atoms with Gasteiger partial charge in [0.1, 0.15) is 11.9 Å². The average Bonchev–Trinajstić information content (AvgIpc) is 3.49. The molecule has 32 heavy (non-hydrogen) atoms. The summed E-state index contributed by atoms with van der Waals surface area (Å²) in [4.78, 5) is 7.32. The summed E-state index contributed by atoms with van der Waals surface area (Å²) in [6.45, 7) is 0. The van der Waals surface area contributed by atoms with Gasteiger partial charge in [0.25, 0.3) is 0 Å². The number of piperidine rings is 1. The Hall–Kier alpha value is -3.70. The molecule has 6 heterocycles. The molecular weight excluding hydrogens is 400 g/mol. The molecule has 6 rings (SSSR count). The molecule has 8 nitrogen and oxygen atoms in total. The van der Waals surface area contributed by atoms with Crippen LogP contribution in [-0.2, 0) is 7.05 Å². The average molecular weight is 425 g/mol. The molecule has 2 aliphatic rings. The highest BCUT2D eigenvalue weighted by atomic mass is 15.3. The molecule has 0 aromatic carbocycles. The van der Waals surface area contributed by atoms with Crippen LogP contribution in [0.1, 0.15) is 31.2 Å². The van der Waals surface area contributed by atoms with E-state index >= 15 is 0 Å². The summed E-state index contributed by atoms with van der Waals surface area (Å²) in [6.07, 6.45) is 13.7. The molecule has 3 atom stereocenters. The van der Waals surface area contributed by atoms with E-state index in [2.05, 4.69) is 39.4 Å². The zero-order valence-electron chi connectivity index (χ0n) is 17.9. The van der Waals surface area contributed by atoms with Crippen molar-refractivity contribution in [1.82, 2.24) is 24.4 Å². The fourth-order valence-corrected chi connectivity index (χ4v) is 5.44. The van der Waals surface area contributed by atoms with Crippen molar-refractivity contribution >= 4 is 11.3 Å². The van der Waals surface area contributed by atoms with Crippen LogP contribution in [0.2, 0.25) is 0 Å². The first kappa shape index (κ1) is 19.0. The molecule has 2 N–H and O–H groups in total. The smallest absolute Gasteiger partial charge is 0.129 e. The first-order chi connectivity index (χ1) is 15.6. The van der Waals surface area contributed by atoms with Gasteiger partial charge in [-0.05, 0) is 43.9 Å². The molecule has 1 unspecified atom stereocenters. The molecular formula is C24H24N8. The SMILES string of the molecule is Cn1cc(-c2cc(-c3ccc(N4C5CC[C@H]4C[C@H](N)C5)nc3)c3c(C#N)cnn3c2)cn1. The molecule has 4 aromatic heterocycles. The van der Waals surface area contributed by atoms with Gasteiger partial charge in [-0.25, -0.2) is 9.50 Å². The Morgan fingerprint density at radius 1 is 1.00 bits per heavy atom. The van der Waals surface area contributed by atoms with E-state index in [1.807, 2.05) is 31.8 Å². The summed E-state index contributed by atoms with van der Waals surface area (Å²) in [5.41, 5.74) is 11.5. The standard InChI is InChI=1S/C24H24N8/c1-30-13-18(12-28-30)16-6-22(24-17(9-25)11-29-31(24)14-16)15-2-5-23(27-10-15)32-20-3-4-21(32)8-19(26)7-20/h2,5-6,10-14,19-21H,3-4,7-8,26H2,1H3/t19-,20-,21?/m0/s1. The van der Waals surface area contributed by atoms with Crippen LogP contribution in [0.4, 0.5) is 5.82 Å². The van der Waals surface area contributed by atoms with Gasteiger partial charge in [-0.2, -0.15) is 15.5 Å². The van der Waals surface area contributed by atoms with Crippen molar-refractivity contribution in [2.75, 3.05) is 4.90 Å². The molecule has 4 aromatic rings. The third kappa shape index (κ3) is 2.97. The number of hydrogen-bond acceptors (Lipinski definition) is 6. The fraction of sp³-hybridized carbons (Fsp3) is 0.333. The van der Waals surface area contributed by atoms with E-state index in [1.54, 1.807) is 15.4 Å². The molecule has 2 fully saturated rings. The third-order valence-electron chi connectivity index (χ3n) is 6.86. The number of nitrogens with zero attached hydrogens (tertiary/aromatic N) is 7. The summed E-state index contributed by atoms with van der Waals surface area (Å²) >= 11 is 0. The Morgan fingerprint density at radius 3 is 2.47 bits per heavy atom. The zero-order chi connectivity index (χ0) is 21.8. The van der Waals surface area contributed by atoms with Crippen molar-refractivity contribution in [2.24, 2.45) is 12.8 Å². The number of nitriles is 1. The maximum absolute atomic E-state index is 9.64. The van der Waals surface area contributed by atoms with Crippen molar-refractivity contribution in [3.63, 3.8) is 0 Å². The predicted molar refractivity (Wildman–Crippen MR) is 122 cm³/mol. The molecule has 0 radical (unpaired) electrons. The number of rotatable bonds is 3. The lowest BCUT2D eigenvalue weighted by atomic mass is 9.98. The quantitative estimate of drug-likeness (QED) is 0.542. The largest absolute Gasteiger partial charge is 0.351 e.